The predicted molar refractivity (Wildman–Crippen MR) is 64.1 cm³/mol. The second-order valence-corrected chi connectivity index (χ2v) is 5.37. The second-order valence-electron chi connectivity index (χ2n) is 4.63. The standard InChI is InChI=1S/C12H22ClNO/c1-10(13)7-8-14-12(15)9-11-5-3-2-4-6-11/h10-11H,2-9H2,1H3,(H,14,15). The van der Waals surface area contributed by atoms with Crippen molar-refractivity contribution in [3.8, 4) is 0 Å². The lowest BCUT2D eigenvalue weighted by Crippen LogP contribution is -2.28. The molecule has 0 saturated heterocycles. The lowest BCUT2D eigenvalue weighted by molar-refractivity contribution is -0.122. The minimum Gasteiger partial charge on any atom is -0.356 e. The van der Waals surface area contributed by atoms with E-state index in [1.54, 1.807) is 0 Å². The maximum absolute atomic E-state index is 11.5. The van der Waals surface area contributed by atoms with E-state index < -0.39 is 0 Å². The van der Waals surface area contributed by atoms with Crippen LogP contribution in [0.2, 0.25) is 0 Å². The Hall–Kier alpha value is -0.240. The Morgan fingerprint density at radius 2 is 2.07 bits per heavy atom. The smallest absolute Gasteiger partial charge is 0.220 e. The van der Waals surface area contributed by atoms with E-state index in [0.717, 1.165) is 19.4 Å². The first-order valence-electron chi connectivity index (χ1n) is 6.09. The van der Waals surface area contributed by atoms with E-state index in [9.17, 15) is 4.79 Å². The first-order chi connectivity index (χ1) is 7.18. The van der Waals surface area contributed by atoms with E-state index in [1.807, 2.05) is 6.92 Å². The van der Waals surface area contributed by atoms with E-state index in [2.05, 4.69) is 5.32 Å². The zero-order chi connectivity index (χ0) is 11.1. The van der Waals surface area contributed by atoms with E-state index in [0.29, 0.717) is 5.92 Å². The van der Waals surface area contributed by atoms with Crippen LogP contribution in [0.15, 0.2) is 0 Å². The van der Waals surface area contributed by atoms with Gasteiger partial charge in [-0.2, -0.15) is 0 Å². The molecule has 1 unspecified atom stereocenters. The number of rotatable bonds is 5. The predicted octanol–water partition coefficient (Wildman–Crippen LogP) is 3.09. The van der Waals surface area contributed by atoms with Crippen LogP contribution in [0.25, 0.3) is 0 Å². The third-order valence-electron chi connectivity index (χ3n) is 3.06. The van der Waals surface area contributed by atoms with Gasteiger partial charge < -0.3 is 5.32 Å². The molecule has 1 aliphatic carbocycles. The second kappa shape index (κ2) is 7.10. The number of hydrogen-bond acceptors (Lipinski definition) is 1. The van der Waals surface area contributed by atoms with Gasteiger partial charge in [0.25, 0.3) is 0 Å². The van der Waals surface area contributed by atoms with Gasteiger partial charge in [-0.1, -0.05) is 19.3 Å². The van der Waals surface area contributed by atoms with E-state index in [-0.39, 0.29) is 11.3 Å². The van der Waals surface area contributed by atoms with E-state index in [1.165, 1.54) is 32.1 Å². The molecule has 1 rings (SSSR count). The fourth-order valence-electron chi connectivity index (χ4n) is 2.14. The first-order valence-corrected chi connectivity index (χ1v) is 6.53. The minimum absolute atomic E-state index is 0.153. The summed E-state index contributed by atoms with van der Waals surface area (Å²) < 4.78 is 0. The highest BCUT2D eigenvalue weighted by Gasteiger charge is 2.16. The number of amides is 1. The number of nitrogens with one attached hydrogen (secondary N) is 1. The molecule has 0 radical (unpaired) electrons. The molecule has 0 spiro atoms. The quantitative estimate of drug-likeness (QED) is 0.724. The van der Waals surface area contributed by atoms with Crippen LogP contribution in [0.3, 0.4) is 0 Å². The van der Waals surface area contributed by atoms with Crippen molar-refractivity contribution in [3.05, 3.63) is 0 Å². The SMILES string of the molecule is CC(Cl)CCNC(=O)CC1CCCCC1. The van der Waals surface area contributed by atoms with Gasteiger partial charge in [-0.15, -0.1) is 11.6 Å². The summed E-state index contributed by atoms with van der Waals surface area (Å²) in [7, 11) is 0. The fourth-order valence-corrected chi connectivity index (χ4v) is 2.25. The summed E-state index contributed by atoms with van der Waals surface area (Å²) in [6.45, 7) is 2.67. The van der Waals surface area contributed by atoms with Gasteiger partial charge in [0, 0.05) is 18.3 Å². The van der Waals surface area contributed by atoms with Gasteiger partial charge in [0.15, 0.2) is 0 Å². The van der Waals surface area contributed by atoms with Crippen LogP contribution in [0.1, 0.15) is 51.9 Å². The number of hydrogen-bond donors (Lipinski definition) is 1. The molecule has 3 heteroatoms. The zero-order valence-corrected chi connectivity index (χ0v) is 10.4. The molecule has 1 saturated carbocycles. The Bertz CT molecular complexity index is 188. The minimum atomic E-state index is 0.153. The van der Waals surface area contributed by atoms with Crippen LogP contribution in [-0.2, 0) is 4.79 Å². The average Bonchev–Trinajstić information content (AvgIpc) is 2.18. The molecule has 1 amide bonds. The molecular formula is C12H22ClNO. The number of halogens is 1. The molecule has 0 heterocycles. The third-order valence-corrected chi connectivity index (χ3v) is 3.28. The highest BCUT2D eigenvalue weighted by Crippen LogP contribution is 2.25. The lowest BCUT2D eigenvalue weighted by Gasteiger charge is -2.20. The molecule has 15 heavy (non-hydrogen) atoms. The fraction of sp³-hybridized carbons (Fsp3) is 0.917. The number of alkyl halides is 1. The molecule has 0 aliphatic heterocycles. The van der Waals surface area contributed by atoms with Gasteiger partial charge in [-0.05, 0) is 32.1 Å². The first kappa shape index (κ1) is 12.8. The molecule has 2 nitrogen and oxygen atoms in total. The van der Waals surface area contributed by atoms with Crippen LogP contribution in [0, 0.1) is 5.92 Å². The lowest BCUT2D eigenvalue weighted by atomic mass is 9.87. The summed E-state index contributed by atoms with van der Waals surface area (Å²) in [6.07, 6.45) is 8.00. The molecule has 0 aromatic carbocycles. The van der Waals surface area contributed by atoms with Crippen molar-refractivity contribution in [1.82, 2.24) is 5.32 Å². The summed E-state index contributed by atoms with van der Waals surface area (Å²) in [4.78, 5) is 11.5. The van der Waals surface area contributed by atoms with Crippen molar-refractivity contribution < 1.29 is 4.79 Å². The van der Waals surface area contributed by atoms with Crippen LogP contribution in [0.5, 0.6) is 0 Å². The molecule has 0 bridgehead atoms. The summed E-state index contributed by atoms with van der Waals surface area (Å²) in [5.41, 5.74) is 0. The van der Waals surface area contributed by atoms with Crippen LogP contribution < -0.4 is 5.32 Å². The molecule has 0 aromatic heterocycles. The van der Waals surface area contributed by atoms with Crippen molar-refractivity contribution >= 4 is 17.5 Å². The Labute approximate surface area is 97.8 Å². The molecule has 1 fully saturated rings. The van der Waals surface area contributed by atoms with Gasteiger partial charge in [0.05, 0.1) is 0 Å². The molecule has 1 N–H and O–H groups in total. The van der Waals surface area contributed by atoms with Crippen LogP contribution in [0.4, 0.5) is 0 Å². The van der Waals surface area contributed by atoms with Gasteiger partial charge in [0.1, 0.15) is 0 Å². The normalized spacial score (nSPS) is 19.9. The Balaban J connectivity index is 2.06. The number of carbonyl (C=O) groups excluding carboxylic acids is 1. The highest BCUT2D eigenvalue weighted by atomic mass is 35.5. The van der Waals surface area contributed by atoms with Crippen molar-refractivity contribution in [1.29, 1.82) is 0 Å². The van der Waals surface area contributed by atoms with Gasteiger partial charge in [-0.3, -0.25) is 4.79 Å². The van der Waals surface area contributed by atoms with Crippen molar-refractivity contribution in [2.75, 3.05) is 6.54 Å². The maximum atomic E-state index is 11.5. The van der Waals surface area contributed by atoms with Gasteiger partial charge in [0.2, 0.25) is 5.91 Å². The molecule has 0 aromatic rings. The third kappa shape index (κ3) is 6.03. The zero-order valence-electron chi connectivity index (χ0n) is 9.60. The summed E-state index contributed by atoms with van der Waals surface area (Å²) >= 11 is 5.80. The Morgan fingerprint density at radius 1 is 1.40 bits per heavy atom. The average molecular weight is 232 g/mol. The summed E-state index contributed by atoms with van der Waals surface area (Å²) in [6, 6.07) is 0. The molecular weight excluding hydrogens is 210 g/mol. The van der Waals surface area contributed by atoms with Crippen molar-refractivity contribution in [2.45, 2.75) is 57.2 Å². The largest absolute Gasteiger partial charge is 0.356 e. The van der Waals surface area contributed by atoms with E-state index >= 15 is 0 Å². The van der Waals surface area contributed by atoms with Gasteiger partial charge in [-0.25, -0.2) is 0 Å². The van der Waals surface area contributed by atoms with Crippen LogP contribution >= 0.6 is 11.6 Å². The molecule has 88 valence electrons. The summed E-state index contributed by atoms with van der Waals surface area (Å²) in [5.74, 6) is 0.839. The molecule has 1 atom stereocenters. The van der Waals surface area contributed by atoms with Crippen molar-refractivity contribution in [2.24, 2.45) is 5.92 Å². The van der Waals surface area contributed by atoms with E-state index in [4.69, 9.17) is 11.6 Å². The number of carbonyl (C=O) groups is 1. The Kier molecular flexibility index (Phi) is 6.07. The van der Waals surface area contributed by atoms with Gasteiger partial charge >= 0.3 is 0 Å². The topological polar surface area (TPSA) is 29.1 Å². The highest BCUT2D eigenvalue weighted by molar-refractivity contribution is 6.20. The maximum Gasteiger partial charge on any atom is 0.220 e. The summed E-state index contributed by atoms with van der Waals surface area (Å²) in [5, 5.41) is 3.09. The molecule has 1 aliphatic rings. The monoisotopic (exact) mass is 231 g/mol. The van der Waals surface area contributed by atoms with Crippen molar-refractivity contribution in [3.63, 3.8) is 0 Å². The van der Waals surface area contributed by atoms with Crippen LogP contribution in [-0.4, -0.2) is 17.8 Å². The Morgan fingerprint density at radius 3 is 2.67 bits per heavy atom.